The van der Waals surface area contributed by atoms with Crippen molar-refractivity contribution in [3.05, 3.63) is 27.7 Å². The Balaban J connectivity index is 2.02. The summed E-state index contributed by atoms with van der Waals surface area (Å²) in [6.07, 6.45) is 7.79. The first-order chi connectivity index (χ1) is 12.9. The quantitative estimate of drug-likeness (QED) is 0.782. The lowest BCUT2D eigenvalue weighted by atomic mass is 9.84. The van der Waals surface area contributed by atoms with Gasteiger partial charge in [0.2, 0.25) is 5.43 Å². The van der Waals surface area contributed by atoms with Crippen molar-refractivity contribution < 1.29 is 24.5 Å². The lowest BCUT2D eigenvalue weighted by Gasteiger charge is -2.38. The molecule has 1 aliphatic carbocycles. The molecule has 1 saturated carbocycles. The number of nitrogens with zero attached hydrogens (tertiary/aromatic N) is 2. The number of ether oxygens (including phenoxy) is 1. The Kier molecular flexibility index (Phi) is 5.84. The summed E-state index contributed by atoms with van der Waals surface area (Å²) in [4.78, 5) is 38.0. The van der Waals surface area contributed by atoms with Crippen molar-refractivity contribution in [3.8, 4) is 5.75 Å². The Bertz CT molecular complexity index is 781. The lowest BCUT2D eigenvalue weighted by molar-refractivity contribution is 0.0565. The molecule has 1 aromatic rings. The van der Waals surface area contributed by atoms with Gasteiger partial charge < -0.3 is 24.4 Å². The van der Waals surface area contributed by atoms with Gasteiger partial charge in [0.15, 0.2) is 11.4 Å². The van der Waals surface area contributed by atoms with Crippen LogP contribution in [0.3, 0.4) is 0 Å². The van der Waals surface area contributed by atoms with Crippen LogP contribution in [0.4, 0.5) is 0 Å². The molecule has 148 valence electrons. The van der Waals surface area contributed by atoms with Gasteiger partial charge in [-0.05, 0) is 12.3 Å². The van der Waals surface area contributed by atoms with E-state index in [0.717, 1.165) is 19.3 Å². The first kappa shape index (κ1) is 19.4. The van der Waals surface area contributed by atoms with E-state index in [1.807, 2.05) is 0 Å². The van der Waals surface area contributed by atoms with E-state index in [0.29, 0.717) is 25.6 Å². The normalized spacial score (nSPS) is 20.6. The molecule has 8 heteroatoms. The zero-order chi connectivity index (χ0) is 19.6. The summed E-state index contributed by atoms with van der Waals surface area (Å²) in [7, 11) is 1.54. The molecule has 1 aliphatic heterocycles. The van der Waals surface area contributed by atoms with Gasteiger partial charge in [-0.2, -0.15) is 0 Å². The molecule has 27 heavy (non-hydrogen) atoms. The number of hydrogen-bond acceptors (Lipinski definition) is 5. The molecule has 3 rings (SSSR count). The molecular weight excluding hydrogens is 352 g/mol. The monoisotopic (exact) mass is 378 g/mol. The summed E-state index contributed by atoms with van der Waals surface area (Å²) in [5.74, 6) is -2.17. The average Bonchev–Trinajstić information content (AvgIpc) is 2.65. The number of fused-ring (bicyclic) bond motifs is 1. The predicted molar refractivity (Wildman–Crippen MR) is 97.3 cm³/mol. The van der Waals surface area contributed by atoms with Gasteiger partial charge in [0.1, 0.15) is 5.56 Å². The fourth-order valence-electron chi connectivity index (χ4n) is 4.24. The molecule has 1 aromatic heterocycles. The molecule has 2 aliphatic rings. The van der Waals surface area contributed by atoms with E-state index in [4.69, 9.17) is 4.74 Å². The molecule has 1 atom stereocenters. The van der Waals surface area contributed by atoms with E-state index in [-0.39, 0.29) is 11.7 Å². The number of rotatable bonds is 6. The van der Waals surface area contributed by atoms with E-state index >= 15 is 0 Å². The number of carbonyl (C=O) groups is 2. The lowest BCUT2D eigenvalue weighted by Crippen LogP contribution is -2.46. The van der Waals surface area contributed by atoms with Crippen LogP contribution < -0.4 is 5.43 Å². The highest BCUT2D eigenvalue weighted by Crippen LogP contribution is 2.35. The zero-order valence-corrected chi connectivity index (χ0v) is 15.5. The number of aromatic carboxylic acids is 1. The van der Waals surface area contributed by atoms with Crippen LogP contribution in [-0.4, -0.2) is 58.4 Å². The molecule has 0 radical (unpaired) electrons. The largest absolute Gasteiger partial charge is 0.503 e. The molecule has 2 heterocycles. The van der Waals surface area contributed by atoms with E-state index in [1.165, 1.54) is 30.0 Å². The van der Waals surface area contributed by atoms with Crippen LogP contribution in [0.1, 0.15) is 65.4 Å². The van der Waals surface area contributed by atoms with Gasteiger partial charge in [-0.1, -0.05) is 32.1 Å². The Morgan fingerprint density at radius 1 is 1.26 bits per heavy atom. The number of aromatic nitrogens is 1. The topological polar surface area (TPSA) is 109 Å². The SMILES string of the molecule is COCCN1C[C@H](CC2CCCCC2)n2cc(C(=O)O)c(=O)c(O)c2C1=O. The van der Waals surface area contributed by atoms with E-state index in [2.05, 4.69) is 0 Å². The van der Waals surface area contributed by atoms with Gasteiger partial charge in [0, 0.05) is 26.4 Å². The van der Waals surface area contributed by atoms with Crippen molar-refractivity contribution >= 4 is 11.9 Å². The number of carbonyl (C=O) groups excluding carboxylic acids is 1. The van der Waals surface area contributed by atoms with Crippen molar-refractivity contribution in [2.24, 2.45) is 5.92 Å². The molecule has 0 saturated heterocycles. The van der Waals surface area contributed by atoms with Crippen LogP contribution in [0, 0.1) is 5.92 Å². The second kappa shape index (κ2) is 8.12. The Hall–Kier alpha value is -2.35. The molecule has 1 fully saturated rings. The molecule has 0 spiro atoms. The average molecular weight is 378 g/mol. The van der Waals surface area contributed by atoms with Crippen LogP contribution in [0.2, 0.25) is 0 Å². The minimum Gasteiger partial charge on any atom is -0.503 e. The highest BCUT2D eigenvalue weighted by molar-refractivity contribution is 5.97. The Labute approximate surface area is 157 Å². The smallest absolute Gasteiger partial charge is 0.341 e. The fraction of sp³-hybridized carbons (Fsp3) is 0.632. The highest BCUT2D eigenvalue weighted by Gasteiger charge is 2.36. The van der Waals surface area contributed by atoms with Gasteiger partial charge in [0.05, 0.1) is 12.6 Å². The van der Waals surface area contributed by atoms with Crippen LogP contribution in [0.25, 0.3) is 0 Å². The fourth-order valence-corrected chi connectivity index (χ4v) is 4.24. The van der Waals surface area contributed by atoms with Crippen molar-refractivity contribution in [1.82, 2.24) is 9.47 Å². The standard InChI is InChI=1S/C19H26N2O6/c1-27-8-7-20-10-13(9-12-5-3-2-4-6-12)21-11-14(19(25)26)16(22)17(23)15(21)18(20)24/h11-13,23H,2-10H2,1H3,(H,25,26)/t13-/m0/s1. The third kappa shape index (κ3) is 3.85. The Morgan fingerprint density at radius 3 is 2.59 bits per heavy atom. The van der Waals surface area contributed by atoms with Crippen LogP contribution >= 0.6 is 0 Å². The predicted octanol–water partition coefficient (Wildman–Crippen LogP) is 1.87. The van der Waals surface area contributed by atoms with E-state index in [9.17, 15) is 24.6 Å². The summed E-state index contributed by atoms with van der Waals surface area (Å²) in [6.45, 7) is 1.11. The first-order valence-corrected chi connectivity index (χ1v) is 9.43. The van der Waals surface area contributed by atoms with E-state index < -0.39 is 28.6 Å². The van der Waals surface area contributed by atoms with Crippen molar-refractivity contribution in [2.45, 2.75) is 44.6 Å². The van der Waals surface area contributed by atoms with Gasteiger partial charge in [0.25, 0.3) is 5.91 Å². The Morgan fingerprint density at radius 2 is 1.96 bits per heavy atom. The van der Waals surface area contributed by atoms with Gasteiger partial charge in [-0.25, -0.2) is 4.79 Å². The molecular formula is C19H26N2O6. The molecule has 0 bridgehead atoms. The number of carboxylic acids is 1. The number of amides is 1. The van der Waals surface area contributed by atoms with Crippen LogP contribution in [0.15, 0.2) is 11.0 Å². The highest BCUT2D eigenvalue weighted by atomic mass is 16.5. The third-order valence-electron chi connectivity index (χ3n) is 5.65. The van der Waals surface area contributed by atoms with Gasteiger partial charge >= 0.3 is 5.97 Å². The number of methoxy groups -OCH3 is 1. The maximum absolute atomic E-state index is 12.8. The summed E-state index contributed by atoms with van der Waals surface area (Å²) in [5, 5.41) is 19.6. The summed E-state index contributed by atoms with van der Waals surface area (Å²) in [5.41, 5.74) is -1.65. The van der Waals surface area contributed by atoms with Crippen LogP contribution in [0.5, 0.6) is 5.75 Å². The number of carboxylic acid groups (broad SMARTS) is 1. The van der Waals surface area contributed by atoms with Crippen LogP contribution in [-0.2, 0) is 4.74 Å². The minimum absolute atomic E-state index is 0.117. The molecule has 2 N–H and O–H groups in total. The summed E-state index contributed by atoms with van der Waals surface area (Å²) >= 11 is 0. The molecule has 8 nitrogen and oxygen atoms in total. The second-order valence-electron chi connectivity index (χ2n) is 7.42. The number of aromatic hydroxyl groups is 1. The molecule has 1 amide bonds. The maximum Gasteiger partial charge on any atom is 0.341 e. The summed E-state index contributed by atoms with van der Waals surface area (Å²) in [6, 6.07) is -0.178. The van der Waals surface area contributed by atoms with E-state index in [1.54, 1.807) is 12.0 Å². The molecule has 0 unspecified atom stereocenters. The summed E-state index contributed by atoms with van der Waals surface area (Å²) < 4.78 is 6.58. The first-order valence-electron chi connectivity index (χ1n) is 9.43. The maximum atomic E-state index is 12.8. The molecule has 0 aromatic carbocycles. The third-order valence-corrected chi connectivity index (χ3v) is 5.65. The number of pyridine rings is 1. The minimum atomic E-state index is -1.41. The van der Waals surface area contributed by atoms with Gasteiger partial charge in [-0.15, -0.1) is 0 Å². The van der Waals surface area contributed by atoms with Crippen molar-refractivity contribution in [1.29, 1.82) is 0 Å². The van der Waals surface area contributed by atoms with Gasteiger partial charge in [-0.3, -0.25) is 9.59 Å². The zero-order valence-electron chi connectivity index (χ0n) is 15.5. The van der Waals surface area contributed by atoms with Crippen molar-refractivity contribution in [3.63, 3.8) is 0 Å². The van der Waals surface area contributed by atoms with Crippen molar-refractivity contribution in [2.75, 3.05) is 26.8 Å². The second-order valence-corrected chi connectivity index (χ2v) is 7.42. The number of hydrogen-bond donors (Lipinski definition) is 2.